The molecular weight excluding hydrogens is 584 g/mol. The average Bonchev–Trinajstić information content (AvgIpc) is 3.30. The first-order valence-electron chi connectivity index (χ1n) is 11.5. The highest BCUT2D eigenvalue weighted by atomic mass is 35.5. The number of amidine groups is 1. The van der Waals surface area contributed by atoms with Crippen LogP contribution in [-0.2, 0) is 21.5 Å². The molecule has 13 nitrogen and oxygen atoms in total. The number of carboxylic acid groups (broad SMARTS) is 1. The molecule has 3 rings (SSSR count). The second-order valence-electron chi connectivity index (χ2n) is 8.53. The van der Waals surface area contributed by atoms with E-state index >= 15 is 0 Å². The first-order valence-corrected chi connectivity index (χ1v) is 14.2. The van der Waals surface area contributed by atoms with Crippen molar-refractivity contribution >= 4 is 67.2 Å². The topological polar surface area (TPSA) is 219 Å². The minimum atomic E-state index is -4.15. The third kappa shape index (κ3) is 8.74. The molecule has 9 N–H and O–H groups in total. The quantitative estimate of drug-likeness (QED) is 0.111. The van der Waals surface area contributed by atoms with Gasteiger partial charge < -0.3 is 30.9 Å². The summed E-state index contributed by atoms with van der Waals surface area (Å²) in [6, 6.07) is 10.5. The van der Waals surface area contributed by atoms with Crippen LogP contribution in [0.4, 0.5) is 16.4 Å². The molecule has 16 heteroatoms. The number of nitrogen functional groups attached to an aromatic ring is 1. The van der Waals surface area contributed by atoms with Crippen LogP contribution in [0, 0.1) is 5.41 Å². The summed E-state index contributed by atoms with van der Waals surface area (Å²) in [5.41, 5.74) is 6.37. The molecule has 0 spiro atoms. The Morgan fingerprint density at radius 2 is 1.90 bits per heavy atom. The van der Waals surface area contributed by atoms with Crippen LogP contribution < -0.4 is 35.7 Å². The van der Waals surface area contributed by atoms with E-state index in [-0.39, 0.29) is 41.2 Å². The molecule has 214 valence electrons. The number of hydrogen-bond acceptors (Lipinski definition) is 9. The third-order valence-corrected chi connectivity index (χ3v) is 6.69. The largest absolute Gasteiger partial charge is 0.487 e. The number of carbonyl (C=O) groups excluding carboxylic acids is 1. The van der Waals surface area contributed by atoms with Crippen molar-refractivity contribution in [1.29, 1.82) is 5.41 Å². The van der Waals surface area contributed by atoms with Crippen LogP contribution in [0.5, 0.6) is 11.5 Å². The van der Waals surface area contributed by atoms with Crippen molar-refractivity contribution in [2.45, 2.75) is 26.5 Å². The molecule has 0 unspecified atom stereocenters. The van der Waals surface area contributed by atoms with Crippen molar-refractivity contribution in [3.05, 3.63) is 63.5 Å². The first kappa shape index (κ1) is 30.5. The smallest absolute Gasteiger partial charge is 0.341 e. The molecule has 0 fully saturated rings. The molecule has 2 aromatic carbocycles. The molecule has 0 aliphatic carbocycles. The van der Waals surface area contributed by atoms with Gasteiger partial charge in [0.25, 0.3) is 16.1 Å². The molecule has 0 saturated carbocycles. The molecule has 0 saturated heterocycles. The Hall–Kier alpha value is -4.05. The average molecular weight is 611 g/mol. The maximum Gasteiger partial charge on any atom is 0.341 e. The van der Waals surface area contributed by atoms with E-state index in [4.69, 9.17) is 42.5 Å². The van der Waals surface area contributed by atoms with Gasteiger partial charge in [-0.3, -0.25) is 14.9 Å². The lowest BCUT2D eigenvalue weighted by molar-refractivity contribution is -0.139. The molecule has 0 aliphatic heterocycles. The Bertz CT molecular complexity index is 1540. The zero-order chi connectivity index (χ0) is 29.6. The van der Waals surface area contributed by atoms with Gasteiger partial charge in [0.15, 0.2) is 18.1 Å². The fraction of sp³-hybridized carbons (Fsp3) is 0.208. The number of carbonyl (C=O) groups is 2. The molecule has 0 bridgehead atoms. The summed E-state index contributed by atoms with van der Waals surface area (Å²) >= 11 is 7.28. The number of rotatable bonds is 13. The Labute approximate surface area is 239 Å². The van der Waals surface area contributed by atoms with E-state index in [2.05, 4.69) is 15.4 Å². The highest BCUT2D eigenvalue weighted by molar-refractivity contribution is 7.90. The molecule has 1 aromatic heterocycles. The van der Waals surface area contributed by atoms with Gasteiger partial charge in [0, 0.05) is 28.9 Å². The fourth-order valence-corrected chi connectivity index (χ4v) is 4.81. The molecule has 40 heavy (non-hydrogen) atoms. The number of amides is 1. The normalized spacial score (nSPS) is 11.1. The van der Waals surface area contributed by atoms with Crippen molar-refractivity contribution in [3.8, 4) is 11.5 Å². The molecule has 1 amide bonds. The van der Waals surface area contributed by atoms with E-state index in [1.165, 1.54) is 18.2 Å². The SMILES string of the molecule is CC(C)Oc1cc(NS(N)(=O)=O)cc(CNc2ccc(Cl)cc2C(=O)Nc2ccc(C(=N)N)s2)c1OCC(=O)O. The third-order valence-electron chi connectivity index (χ3n) is 4.90. The molecule has 3 aromatic rings. The zero-order valence-corrected chi connectivity index (χ0v) is 23.7. The van der Waals surface area contributed by atoms with Crippen molar-refractivity contribution in [3.63, 3.8) is 0 Å². The second kappa shape index (κ2) is 12.9. The van der Waals surface area contributed by atoms with Gasteiger partial charge in [-0.25, -0.2) is 9.93 Å². The van der Waals surface area contributed by atoms with Crippen LogP contribution in [0.2, 0.25) is 5.02 Å². The number of hydrogen-bond donors (Lipinski definition) is 7. The minimum absolute atomic E-state index is 0.0469. The number of nitrogens with one attached hydrogen (secondary N) is 4. The van der Waals surface area contributed by atoms with Crippen LogP contribution in [-0.4, -0.2) is 43.9 Å². The number of anilines is 3. The van der Waals surface area contributed by atoms with Gasteiger partial charge in [-0.2, -0.15) is 8.42 Å². The number of carboxylic acids is 1. The lowest BCUT2D eigenvalue weighted by Crippen LogP contribution is -2.22. The first-order chi connectivity index (χ1) is 18.7. The van der Waals surface area contributed by atoms with Crippen LogP contribution in [0.15, 0.2) is 42.5 Å². The van der Waals surface area contributed by atoms with E-state index in [9.17, 15) is 18.0 Å². The Morgan fingerprint density at radius 1 is 1.18 bits per heavy atom. The summed E-state index contributed by atoms with van der Waals surface area (Å²) < 4.78 is 36.8. The van der Waals surface area contributed by atoms with Crippen LogP contribution in [0.3, 0.4) is 0 Å². The van der Waals surface area contributed by atoms with Crippen molar-refractivity contribution in [2.75, 3.05) is 22.0 Å². The van der Waals surface area contributed by atoms with Gasteiger partial charge in [0.2, 0.25) is 0 Å². The molecule has 1 heterocycles. The number of nitrogens with two attached hydrogens (primary N) is 2. The minimum Gasteiger partial charge on any atom is -0.487 e. The van der Waals surface area contributed by atoms with Crippen molar-refractivity contribution < 1.29 is 32.6 Å². The molecule has 0 radical (unpaired) electrons. The number of thiophene rings is 1. The lowest BCUT2D eigenvalue weighted by Gasteiger charge is -2.20. The van der Waals surface area contributed by atoms with Crippen LogP contribution in [0.1, 0.15) is 34.6 Å². The second-order valence-corrected chi connectivity index (χ2v) is 11.3. The van der Waals surface area contributed by atoms with E-state index in [1.54, 1.807) is 38.1 Å². The van der Waals surface area contributed by atoms with Crippen LogP contribution >= 0.6 is 22.9 Å². The summed E-state index contributed by atoms with van der Waals surface area (Å²) in [5.74, 6) is -1.73. The van der Waals surface area contributed by atoms with Gasteiger partial charge >= 0.3 is 5.97 Å². The predicted molar refractivity (Wildman–Crippen MR) is 154 cm³/mol. The Balaban J connectivity index is 1.97. The summed E-state index contributed by atoms with van der Waals surface area (Å²) in [5, 5.41) is 28.4. The lowest BCUT2D eigenvalue weighted by atomic mass is 10.1. The highest BCUT2D eigenvalue weighted by Crippen LogP contribution is 2.37. The van der Waals surface area contributed by atoms with Gasteiger partial charge in [-0.05, 0) is 50.2 Å². The number of halogens is 1. The van der Waals surface area contributed by atoms with E-state index < -0.39 is 28.7 Å². The highest BCUT2D eigenvalue weighted by Gasteiger charge is 2.20. The van der Waals surface area contributed by atoms with Crippen molar-refractivity contribution in [1.82, 2.24) is 0 Å². The summed E-state index contributed by atoms with van der Waals surface area (Å²) in [6.07, 6.45) is -0.370. The zero-order valence-electron chi connectivity index (χ0n) is 21.3. The summed E-state index contributed by atoms with van der Waals surface area (Å²) in [7, 11) is -4.15. The molecule has 0 atom stereocenters. The van der Waals surface area contributed by atoms with E-state index in [1.807, 2.05) is 0 Å². The number of aliphatic carboxylic acids is 1. The monoisotopic (exact) mass is 610 g/mol. The van der Waals surface area contributed by atoms with E-state index in [0.717, 1.165) is 11.3 Å². The summed E-state index contributed by atoms with van der Waals surface area (Å²) in [4.78, 5) is 24.8. The predicted octanol–water partition coefficient (Wildman–Crippen LogP) is 3.42. The molecule has 0 aliphatic rings. The van der Waals surface area contributed by atoms with Gasteiger partial charge in [-0.1, -0.05) is 11.6 Å². The Kier molecular flexibility index (Phi) is 9.81. The Morgan fingerprint density at radius 3 is 2.50 bits per heavy atom. The maximum absolute atomic E-state index is 13.1. The number of ether oxygens (including phenoxy) is 2. The van der Waals surface area contributed by atoms with Gasteiger partial charge in [0.05, 0.1) is 27.2 Å². The standard InChI is InChI=1S/C24H27ClN6O7S2/c1-12(2)38-18-9-15(31-40(28,35)36)7-13(22(18)37-11-21(32)33)10-29-17-4-3-14(25)8-16(17)24(34)30-20-6-5-19(39-20)23(26)27/h3-9,12,29,31H,10-11H2,1-2H3,(H3,26,27)(H,30,34)(H,32,33)(H2,28,35,36). The number of benzene rings is 2. The van der Waals surface area contributed by atoms with Gasteiger partial charge in [-0.15, -0.1) is 11.3 Å². The summed E-state index contributed by atoms with van der Waals surface area (Å²) in [6.45, 7) is 2.70. The van der Waals surface area contributed by atoms with Crippen molar-refractivity contribution in [2.24, 2.45) is 10.9 Å². The van der Waals surface area contributed by atoms with E-state index in [0.29, 0.717) is 26.2 Å². The van der Waals surface area contributed by atoms with Crippen LogP contribution in [0.25, 0.3) is 0 Å². The van der Waals surface area contributed by atoms with Gasteiger partial charge in [0.1, 0.15) is 5.84 Å². The maximum atomic E-state index is 13.1. The molecular formula is C24H27ClN6O7S2. The fourth-order valence-electron chi connectivity index (χ4n) is 3.43.